The molecule has 1 aliphatic rings. The van der Waals surface area contributed by atoms with Crippen LogP contribution in [0.1, 0.15) is 0 Å². The Morgan fingerprint density at radius 3 is 3.00 bits per heavy atom. The zero-order valence-electron chi connectivity index (χ0n) is 5.72. The number of terminal acetylenes is 1. The molecule has 0 aromatic heterocycles. The topological polar surface area (TPSA) is 15.3 Å². The molecule has 1 saturated heterocycles. The van der Waals surface area contributed by atoms with Gasteiger partial charge in [0, 0.05) is 19.6 Å². The lowest BCUT2D eigenvalue weighted by molar-refractivity contribution is 0.244. The van der Waals surface area contributed by atoms with Gasteiger partial charge in [-0.25, -0.2) is 0 Å². The number of hydrogen-bond acceptors (Lipinski definition) is 2. The molecule has 0 aliphatic carbocycles. The van der Waals surface area contributed by atoms with Crippen LogP contribution >= 0.6 is 0 Å². The number of likely N-dealkylation sites (N-methyl/N-ethyl adjacent to an activating group) is 1. The largest absolute Gasteiger partial charge is 0.313 e. The van der Waals surface area contributed by atoms with Crippen molar-refractivity contribution in [2.75, 3.05) is 26.7 Å². The van der Waals surface area contributed by atoms with Gasteiger partial charge >= 0.3 is 0 Å². The van der Waals surface area contributed by atoms with Crippen LogP contribution in [-0.4, -0.2) is 37.6 Å². The molecular formula is C7H12N2. The summed E-state index contributed by atoms with van der Waals surface area (Å²) in [5, 5.41) is 3.23. The molecule has 1 heterocycles. The van der Waals surface area contributed by atoms with Gasteiger partial charge in [-0.1, -0.05) is 5.92 Å². The van der Waals surface area contributed by atoms with Crippen LogP contribution in [0.15, 0.2) is 0 Å². The molecule has 2 heteroatoms. The lowest BCUT2D eigenvalue weighted by Gasteiger charge is -2.28. The standard InChI is InChI=1S/C7H12N2/c1-3-7-6-8-4-5-9(7)2/h1,7-8H,4-6H2,2H3. The van der Waals surface area contributed by atoms with E-state index in [1.165, 1.54) is 0 Å². The third-order valence-corrected chi connectivity index (χ3v) is 1.70. The van der Waals surface area contributed by atoms with E-state index in [4.69, 9.17) is 6.42 Å². The molecular weight excluding hydrogens is 112 g/mol. The highest BCUT2D eigenvalue weighted by atomic mass is 15.2. The minimum absolute atomic E-state index is 0.304. The van der Waals surface area contributed by atoms with Gasteiger partial charge in [-0.15, -0.1) is 6.42 Å². The molecule has 2 nitrogen and oxygen atoms in total. The van der Waals surface area contributed by atoms with Crippen molar-refractivity contribution in [1.82, 2.24) is 10.2 Å². The average Bonchev–Trinajstić information content (AvgIpc) is 1.89. The van der Waals surface area contributed by atoms with Crippen molar-refractivity contribution in [2.24, 2.45) is 0 Å². The summed E-state index contributed by atoms with van der Waals surface area (Å²) in [6.07, 6.45) is 5.26. The first-order valence-corrected chi connectivity index (χ1v) is 3.21. The van der Waals surface area contributed by atoms with E-state index in [1.54, 1.807) is 0 Å². The summed E-state index contributed by atoms with van der Waals surface area (Å²) in [6, 6.07) is 0.304. The molecule has 0 aromatic rings. The minimum atomic E-state index is 0.304. The van der Waals surface area contributed by atoms with Crippen molar-refractivity contribution in [3.63, 3.8) is 0 Å². The highest BCUT2D eigenvalue weighted by molar-refractivity contribution is 5.02. The van der Waals surface area contributed by atoms with E-state index in [1.807, 2.05) is 0 Å². The normalized spacial score (nSPS) is 29.6. The summed E-state index contributed by atoms with van der Waals surface area (Å²) < 4.78 is 0. The summed E-state index contributed by atoms with van der Waals surface area (Å²) in [4.78, 5) is 2.19. The molecule has 0 spiro atoms. The predicted octanol–water partition coefficient (Wildman–Crippen LogP) is -0.477. The molecule has 0 bridgehead atoms. The Kier molecular flexibility index (Phi) is 2.10. The quantitative estimate of drug-likeness (QED) is 0.439. The highest BCUT2D eigenvalue weighted by Crippen LogP contribution is 1.96. The molecule has 0 saturated carbocycles. The summed E-state index contributed by atoms with van der Waals surface area (Å²) >= 11 is 0. The number of piperazine rings is 1. The number of hydrogen-bond donors (Lipinski definition) is 1. The Labute approximate surface area is 56.2 Å². The zero-order valence-corrected chi connectivity index (χ0v) is 5.72. The fourth-order valence-corrected chi connectivity index (χ4v) is 0.992. The van der Waals surface area contributed by atoms with Crippen LogP contribution in [0.3, 0.4) is 0 Å². The number of rotatable bonds is 0. The smallest absolute Gasteiger partial charge is 0.0836 e. The third-order valence-electron chi connectivity index (χ3n) is 1.70. The maximum Gasteiger partial charge on any atom is 0.0836 e. The molecule has 0 aromatic carbocycles. The van der Waals surface area contributed by atoms with Crippen LogP contribution in [0, 0.1) is 12.3 Å². The van der Waals surface area contributed by atoms with Crippen molar-refractivity contribution in [2.45, 2.75) is 6.04 Å². The Hall–Kier alpha value is -0.520. The molecule has 1 unspecified atom stereocenters. The van der Waals surface area contributed by atoms with Gasteiger partial charge < -0.3 is 5.32 Å². The van der Waals surface area contributed by atoms with E-state index in [-0.39, 0.29) is 0 Å². The van der Waals surface area contributed by atoms with Crippen molar-refractivity contribution in [3.8, 4) is 12.3 Å². The van der Waals surface area contributed by atoms with E-state index in [0.717, 1.165) is 19.6 Å². The Balaban J connectivity index is 2.41. The van der Waals surface area contributed by atoms with Crippen LogP contribution in [0.2, 0.25) is 0 Å². The summed E-state index contributed by atoms with van der Waals surface area (Å²) in [6.45, 7) is 3.07. The number of nitrogens with one attached hydrogen (secondary N) is 1. The summed E-state index contributed by atoms with van der Waals surface area (Å²) in [5.41, 5.74) is 0. The van der Waals surface area contributed by atoms with Gasteiger partial charge in [0.25, 0.3) is 0 Å². The minimum Gasteiger partial charge on any atom is -0.313 e. The maximum atomic E-state index is 5.26. The van der Waals surface area contributed by atoms with Crippen molar-refractivity contribution < 1.29 is 0 Å². The maximum absolute atomic E-state index is 5.26. The molecule has 1 aliphatic heterocycles. The summed E-state index contributed by atoms with van der Waals surface area (Å²) in [5.74, 6) is 2.72. The SMILES string of the molecule is C#CC1CNCCN1C. The summed E-state index contributed by atoms with van der Waals surface area (Å²) in [7, 11) is 2.06. The first-order valence-electron chi connectivity index (χ1n) is 3.21. The van der Waals surface area contributed by atoms with Gasteiger partial charge in [0.15, 0.2) is 0 Å². The molecule has 0 radical (unpaired) electrons. The Morgan fingerprint density at radius 1 is 1.78 bits per heavy atom. The van der Waals surface area contributed by atoms with E-state index >= 15 is 0 Å². The molecule has 9 heavy (non-hydrogen) atoms. The van der Waals surface area contributed by atoms with Crippen LogP contribution in [0.4, 0.5) is 0 Å². The monoisotopic (exact) mass is 124 g/mol. The highest BCUT2D eigenvalue weighted by Gasteiger charge is 2.14. The fourth-order valence-electron chi connectivity index (χ4n) is 0.992. The van der Waals surface area contributed by atoms with E-state index in [2.05, 4.69) is 23.2 Å². The second kappa shape index (κ2) is 2.86. The second-order valence-corrected chi connectivity index (χ2v) is 2.37. The second-order valence-electron chi connectivity index (χ2n) is 2.37. The van der Waals surface area contributed by atoms with Crippen LogP contribution in [-0.2, 0) is 0 Å². The van der Waals surface area contributed by atoms with Gasteiger partial charge in [0.05, 0.1) is 6.04 Å². The average molecular weight is 124 g/mol. The van der Waals surface area contributed by atoms with Gasteiger partial charge in [-0.2, -0.15) is 0 Å². The van der Waals surface area contributed by atoms with Crippen molar-refractivity contribution in [1.29, 1.82) is 0 Å². The van der Waals surface area contributed by atoms with Crippen LogP contribution in [0.25, 0.3) is 0 Å². The van der Waals surface area contributed by atoms with E-state index in [9.17, 15) is 0 Å². The van der Waals surface area contributed by atoms with Crippen LogP contribution in [0.5, 0.6) is 0 Å². The van der Waals surface area contributed by atoms with Crippen molar-refractivity contribution >= 4 is 0 Å². The lowest BCUT2D eigenvalue weighted by Crippen LogP contribution is -2.48. The molecule has 50 valence electrons. The molecule has 0 amide bonds. The first-order chi connectivity index (χ1) is 4.34. The van der Waals surface area contributed by atoms with Gasteiger partial charge in [0.1, 0.15) is 0 Å². The first kappa shape index (κ1) is 6.60. The fraction of sp³-hybridized carbons (Fsp3) is 0.714. The van der Waals surface area contributed by atoms with Gasteiger partial charge in [-0.3, -0.25) is 4.90 Å². The van der Waals surface area contributed by atoms with E-state index < -0.39 is 0 Å². The number of nitrogens with zero attached hydrogens (tertiary/aromatic N) is 1. The molecule has 1 N–H and O–H groups in total. The zero-order chi connectivity index (χ0) is 6.69. The van der Waals surface area contributed by atoms with E-state index in [0.29, 0.717) is 6.04 Å². The van der Waals surface area contributed by atoms with Crippen molar-refractivity contribution in [3.05, 3.63) is 0 Å². The predicted molar refractivity (Wildman–Crippen MR) is 38.1 cm³/mol. The molecule has 1 fully saturated rings. The molecule has 1 atom stereocenters. The molecule has 1 rings (SSSR count). The Morgan fingerprint density at radius 2 is 2.56 bits per heavy atom. The third kappa shape index (κ3) is 1.44. The van der Waals surface area contributed by atoms with Gasteiger partial charge in [0.2, 0.25) is 0 Å². The van der Waals surface area contributed by atoms with Crippen LogP contribution < -0.4 is 5.32 Å². The lowest BCUT2D eigenvalue weighted by atomic mass is 10.2. The Bertz CT molecular complexity index is 125. The van der Waals surface area contributed by atoms with Gasteiger partial charge in [-0.05, 0) is 7.05 Å².